The minimum absolute atomic E-state index is 0.0403. The molecule has 0 radical (unpaired) electrons. The van der Waals surface area contributed by atoms with Crippen LogP contribution in [0.1, 0.15) is 41.6 Å². The SMILES string of the molecule is Cc1ccc(NC(=O)c2ccc(N[C@H]3CCCC[C@@H]3O)nc2)cc1. The number of rotatable bonds is 4. The maximum Gasteiger partial charge on any atom is 0.257 e. The van der Waals surface area contributed by atoms with Crippen molar-refractivity contribution in [2.75, 3.05) is 10.6 Å². The van der Waals surface area contributed by atoms with Gasteiger partial charge in [0.2, 0.25) is 0 Å². The van der Waals surface area contributed by atoms with Crippen molar-refractivity contribution in [1.82, 2.24) is 4.98 Å². The molecule has 0 unspecified atom stereocenters. The molecular weight excluding hydrogens is 302 g/mol. The van der Waals surface area contributed by atoms with Gasteiger partial charge in [0.05, 0.1) is 17.7 Å². The van der Waals surface area contributed by atoms with E-state index in [1.54, 1.807) is 18.3 Å². The minimum atomic E-state index is -0.329. The van der Waals surface area contributed by atoms with Gasteiger partial charge in [-0.1, -0.05) is 30.5 Å². The molecule has 2 aromatic rings. The quantitative estimate of drug-likeness (QED) is 0.806. The summed E-state index contributed by atoms with van der Waals surface area (Å²) in [6.07, 6.45) is 5.19. The lowest BCUT2D eigenvalue weighted by molar-refractivity contribution is 0.102. The average Bonchev–Trinajstić information content (AvgIpc) is 2.59. The van der Waals surface area contributed by atoms with Gasteiger partial charge >= 0.3 is 0 Å². The third-order valence-corrected chi connectivity index (χ3v) is 4.40. The maximum absolute atomic E-state index is 12.2. The highest BCUT2D eigenvalue weighted by Gasteiger charge is 2.23. The van der Waals surface area contributed by atoms with Crippen LogP contribution in [0.15, 0.2) is 42.6 Å². The predicted molar refractivity (Wildman–Crippen MR) is 95.3 cm³/mol. The van der Waals surface area contributed by atoms with Crippen LogP contribution in [0.2, 0.25) is 0 Å². The van der Waals surface area contributed by atoms with E-state index in [1.165, 1.54) is 0 Å². The third-order valence-electron chi connectivity index (χ3n) is 4.40. The van der Waals surface area contributed by atoms with E-state index in [0.717, 1.165) is 36.9 Å². The number of nitrogens with one attached hydrogen (secondary N) is 2. The number of hydrogen-bond donors (Lipinski definition) is 3. The fourth-order valence-electron chi connectivity index (χ4n) is 2.92. The van der Waals surface area contributed by atoms with Crippen molar-refractivity contribution in [3.05, 3.63) is 53.7 Å². The van der Waals surface area contributed by atoms with E-state index < -0.39 is 0 Å². The number of anilines is 2. The number of carbonyl (C=O) groups excluding carboxylic acids is 1. The van der Waals surface area contributed by atoms with Gasteiger partial charge < -0.3 is 15.7 Å². The van der Waals surface area contributed by atoms with Gasteiger partial charge in [-0.3, -0.25) is 4.79 Å². The number of pyridine rings is 1. The molecule has 5 nitrogen and oxygen atoms in total. The number of amides is 1. The second-order valence-electron chi connectivity index (χ2n) is 6.35. The van der Waals surface area contributed by atoms with Crippen LogP contribution in [0.4, 0.5) is 11.5 Å². The number of aliphatic hydroxyl groups excluding tert-OH is 1. The zero-order valence-corrected chi connectivity index (χ0v) is 13.8. The van der Waals surface area contributed by atoms with Crippen molar-refractivity contribution in [3.63, 3.8) is 0 Å². The molecule has 1 saturated carbocycles. The van der Waals surface area contributed by atoms with Crippen LogP contribution in [0.5, 0.6) is 0 Å². The van der Waals surface area contributed by atoms with E-state index >= 15 is 0 Å². The lowest BCUT2D eigenvalue weighted by Gasteiger charge is -2.28. The standard InChI is InChI=1S/C19H23N3O2/c1-13-6-9-15(10-7-13)21-19(24)14-8-11-18(20-12-14)22-16-4-2-3-5-17(16)23/h6-12,16-17,23H,2-5H2,1H3,(H,20,22)(H,21,24)/t16-,17-/m0/s1. The largest absolute Gasteiger partial charge is 0.391 e. The molecule has 0 aliphatic heterocycles. The molecule has 1 aliphatic carbocycles. The normalized spacial score (nSPS) is 20.4. The van der Waals surface area contributed by atoms with Crippen LogP contribution in [0, 0.1) is 6.92 Å². The Kier molecular flexibility index (Phi) is 5.11. The van der Waals surface area contributed by atoms with Crippen molar-refractivity contribution in [3.8, 4) is 0 Å². The molecule has 126 valence electrons. The number of aliphatic hydroxyl groups is 1. The topological polar surface area (TPSA) is 74.2 Å². The Morgan fingerprint density at radius 3 is 2.54 bits per heavy atom. The molecule has 1 amide bonds. The summed E-state index contributed by atoms with van der Waals surface area (Å²) in [5, 5.41) is 16.1. The van der Waals surface area contributed by atoms with E-state index in [4.69, 9.17) is 0 Å². The highest BCUT2D eigenvalue weighted by atomic mass is 16.3. The molecule has 0 saturated heterocycles. The summed E-state index contributed by atoms with van der Waals surface area (Å²) < 4.78 is 0. The average molecular weight is 325 g/mol. The highest BCUT2D eigenvalue weighted by Crippen LogP contribution is 2.21. The summed E-state index contributed by atoms with van der Waals surface area (Å²) in [5.41, 5.74) is 2.42. The first-order valence-corrected chi connectivity index (χ1v) is 8.40. The van der Waals surface area contributed by atoms with Gasteiger partial charge in [0, 0.05) is 11.9 Å². The first-order chi connectivity index (χ1) is 11.6. The van der Waals surface area contributed by atoms with Crippen molar-refractivity contribution < 1.29 is 9.90 Å². The molecule has 1 heterocycles. The van der Waals surface area contributed by atoms with Gasteiger partial charge in [-0.25, -0.2) is 4.98 Å². The van der Waals surface area contributed by atoms with Crippen LogP contribution >= 0.6 is 0 Å². The first-order valence-electron chi connectivity index (χ1n) is 8.40. The molecule has 1 aromatic carbocycles. The van der Waals surface area contributed by atoms with Gasteiger partial charge in [0.25, 0.3) is 5.91 Å². The number of carbonyl (C=O) groups is 1. The lowest BCUT2D eigenvalue weighted by Crippen LogP contribution is -2.36. The van der Waals surface area contributed by atoms with E-state index in [9.17, 15) is 9.90 Å². The fourth-order valence-corrected chi connectivity index (χ4v) is 2.92. The molecule has 0 spiro atoms. The van der Waals surface area contributed by atoms with Crippen LogP contribution in [-0.2, 0) is 0 Å². The number of aromatic nitrogens is 1. The van der Waals surface area contributed by atoms with Crippen molar-refractivity contribution in [2.24, 2.45) is 0 Å². The zero-order valence-electron chi connectivity index (χ0n) is 13.8. The summed E-state index contributed by atoms with van der Waals surface area (Å²) in [6.45, 7) is 2.00. The molecular formula is C19H23N3O2. The smallest absolute Gasteiger partial charge is 0.257 e. The maximum atomic E-state index is 12.2. The molecule has 2 atom stereocenters. The second-order valence-corrected chi connectivity index (χ2v) is 6.35. The molecule has 24 heavy (non-hydrogen) atoms. The van der Waals surface area contributed by atoms with Gasteiger partial charge in [0.15, 0.2) is 0 Å². The summed E-state index contributed by atoms with van der Waals surface area (Å²) >= 11 is 0. The lowest BCUT2D eigenvalue weighted by atomic mass is 9.92. The molecule has 1 aromatic heterocycles. The number of aryl methyl sites for hydroxylation is 1. The van der Waals surface area contributed by atoms with Crippen molar-refractivity contribution in [2.45, 2.75) is 44.8 Å². The Bertz CT molecular complexity index is 683. The summed E-state index contributed by atoms with van der Waals surface area (Å²) in [6, 6.07) is 11.2. The van der Waals surface area contributed by atoms with E-state index in [0.29, 0.717) is 11.4 Å². The molecule has 0 bridgehead atoms. The van der Waals surface area contributed by atoms with E-state index in [2.05, 4.69) is 15.6 Å². The number of nitrogens with zero attached hydrogens (tertiary/aromatic N) is 1. The molecule has 1 fully saturated rings. The van der Waals surface area contributed by atoms with Crippen LogP contribution in [0.3, 0.4) is 0 Å². The van der Waals surface area contributed by atoms with Gasteiger partial charge in [-0.05, 0) is 44.0 Å². The fraction of sp³-hybridized carbons (Fsp3) is 0.368. The summed E-state index contributed by atoms with van der Waals surface area (Å²) in [7, 11) is 0. The Balaban J connectivity index is 1.61. The van der Waals surface area contributed by atoms with E-state index in [-0.39, 0.29) is 18.1 Å². The predicted octanol–water partition coefficient (Wildman–Crippen LogP) is 3.36. The first kappa shape index (κ1) is 16.5. The second kappa shape index (κ2) is 7.45. The van der Waals surface area contributed by atoms with Crippen molar-refractivity contribution in [1.29, 1.82) is 0 Å². The Morgan fingerprint density at radius 1 is 1.12 bits per heavy atom. The molecule has 3 rings (SSSR count). The Hall–Kier alpha value is -2.40. The zero-order chi connectivity index (χ0) is 16.9. The molecule has 3 N–H and O–H groups in total. The minimum Gasteiger partial charge on any atom is -0.391 e. The highest BCUT2D eigenvalue weighted by molar-refractivity contribution is 6.04. The Morgan fingerprint density at radius 2 is 1.88 bits per heavy atom. The van der Waals surface area contributed by atoms with Gasteiger partial charge in [-0.15, -0.1) is 0 Å². The van der Waals surface area contributed by atoms with Crippen LogP contribution in [0.25, 0.3) is 0 Å². The van der Waals surface area contributed by atoms with Gasteiger partial charge in [-0.2, -0.15) is 0 Å². The van der Waals surface area contributed by atoms with Crippen LogP contribution < -0.4 is 10.6 Å². The Labute approximate surface area is 142 Å². The van der Waals surface area contributed by atoms with Crippen molar-refractivity contribution >= 4 is 17.4 Å². The molecule has 5 heteroatoms. The van der Waals surface area contributed by atoms with E-state index in [1.807, 2.05) is 31.2 Å². The monoisotopic (exact) mass is 325 g/mol. The summed E-state index contributed by atoms with van der Waals surface area (Å²) in [4.78, 5) is 16.5. The summed E-state index contributed by atoms with van der Waals surface area (Å²) in [5.74, 6) is 0.503. The number of benzene rings is 1. The molecule has 1 aliphatic rings. The van der Waals surface area contributed by atoms with Gasteiger partial charge in [0.1, 0.15) is 5.82 Å². The van der Waals surface area contributed by atoms with Crippen LogP contribution in [-0.4, -0.2) is 28.1 Å². The third kappa shape index (κ3) is 4.11. The number of hydrogen-bond acceptors (Lipinski definition) is 4.